The molecule has 0 radical (unpaired) electrons. The van der Waals surface area contributed by atoms with E-state index in [1.165, 1.54) is 0 Å². The number of hydrogen-bond acceptors (Lipinski definition) is 5. The van der Waals surface area contributed by atoms with Crippen LogP contribution in [0.15, 0.2) is 12.4 Å². The minimum atomic E-state index is 0.612. The van der Waals surface area contributed by atoms with Gasteiger partial charge in [-0.3, -0.25) is 4.90 Å². The molecule has 2 heterocycles. The fourth-order valence-corrected chi connectivity index (χ4v) is 1.93. The van der Waals surface area contributed by atoms with Crippen molar-refractivity contribution < 1.29 is 0 Å². The molecule has 1 fully saturated rings. The molecule has 0 atom stereocenters. The lowest BCUT2D eigenvalue weighted by atomic mass is 10.3. The average molecular weight is 231 g/mol. The smallest absolute Gasteiger partial charge is 0.225 e. The van der Waals surface area contributed by atoms with E-state index in [9.17, 15) is 0 Å². The minimum absolute atomic E-state index is 0.612. The molecule has 0 aromatic carbocycles. The standard InChI is InChI=1S/C12H17N5/c1-11-9-14-12(15-10-11)17-7-5-16(6-8-17)4-2-3-13/h9-10H,2,4-8H2,1H3. The third-order valence-electron chi connectivity index (χ3n) is 2.96. The predicted octanol–water partition coefficient (Wildman–Crippen LogP) is 0.821. The molecule has 17 heavy (non-hydrogen) atoms. The second-order valence-electron chi connectivity index (χ2n) is 4.30. The fourth-order valence-electron chi connectivity index (χ4n) is 1.93. The second-order valence-corrected chi connectivity index (χ2v) is 4.30. The van der Waals surface area contributed by atoms with E-state index in [4.69, 9.17) is 5.26 Å². The molecule has 1 saturated heterocycles. The van der Waals surface area contributed by atoms with Gasteiger partial charge in [-0.15, -0.1) is 0 Å². The normalized spacial score (nSPS) is 16.8. The van der Waals surface area contributed by atoms with E-state index in [-0.39, 0.29) is 0 Å². The maximum Gasteiger partial charge on any atom is 0.225 e. The van der Waals surface area contributed by atoms with Gasteiger partial charge in [0.05, 0.1) is 6.07 Å². The van der Waals surface area contributed by atoms with Crippen LogP contribution in [-0.2, 0) is 0 Å². The summed E-state index contributed by atoms with van der Waals surface area (Å²) in [5.41, 5.74) is 1.08. The van der Waals surface area contributed by atoms with Crippen LogP contribution in [0.1, 0.15) is 12.0 Å². The summed E-state index contributed by atoms with van der Waals surface area (Å²) in [6, 6.07) is 2.18. The highest BCUT2D eigenvalue weighted by Crippen LogP contribution is 2.10. The third kappa shape index (κ3) is 3.14. The largest absolute Gasteiger partial charge is 0.338 e. The van der Waals surface area contributed by atoms with Crippen molar-refractivity contribution in [3.05, 3.63) is 18.0 Å². The second kappa shape index (κ2) is 5.60. The van der Waals surface area contributed by atoms with Gasteiger partial charge in [0, 0.05) is 51.5 Å². The lowest BCUT2D eigenvalue weighted by molar-refractivity contribution is 0.262. The molecule has 5 nitrogen and oxygen atoms in total. The molecule has 90 valence electrons. The Morgan fingerprint density at radius 2 is 1.88 bits per heavy atom. The summed E-state index contributed by atoms with van der Waals surface area (Å²) in [4.78, 5) is 13.2. The average Bonchev–Trinajstić information content (AvgIpc) is 2.38. The van der Waals surface area contributed by atoms with Crippen LogP contribution in [0.25, 0.3) is 0 Å². The van der Waals surface area contributed by atoms with Crippen LogP contribution in [0.4, 0.5) is 5.95 Å². The van der Waals surface area contributed by atoms with E-state index in [0.717, 1.165) is 44.2 Å². The zero-order valence-corrected chi connectivity index (χ0v) is 10.1. The fraction of sp³-hybridized carbons (Fsp3) is 0.583. The number of aryl methyl sites for hydroxylation is 1. The molecule has 1 aromatic rings. The summed E-state index contributed by atoms with van der Waals surface area (Å²) >= 11 is 0. The van der Waals surface area contributed by atoms with Crippen LogP contribution < -0.4 is 4.90 Å². The van der Waals surface area contributed by atoms with Crippen LogP contribution in [0.2, 0.25) is 0 Å². The molecule has 0 spiro atoms. The molecule has 1 aliphatic heterocycles. The zero-order valence-electron chi connectivity index (χ0n) is 10.1. The maximum atomic E-state index is 8.55. The first-order chi connectivity index (χ1) is 8.29. The molecule has 1 aliphatic rings. The van der Waals surface area contributed by atoms with Gasteiger partial charge >= 0.3 is 0 Å². The summed E-state index contributed by atoms with van der Waals surface area (Å²) < 4.78 is 0. The van der Waals surface area contributed by atoms with Crippen molar-refractivity contribution in [1.82, 2.24) is 14.9 Å². The molecular formula is C12H17N5. The number of aromatic nitrogens is 2. The molecule has 0 saturated carbocycles. The predicted molar refractivity (Wildman–Crippen MR) is 65.7 cm³/mol. The van der Waals surface area contributed by atoms with Crippen molar-refractivity contribution >= 4 is 5.95 Å². The maximum absolute atomic E-state index is 8.55. The molecule has 0 N–H and O–H groups in total. The number of anilines is 1. The van der Waals surface area contributed by atoms with E-state index in [1.807, 2.05) is 19.3 Å². The number of nitriles is 1. The number of piperazine rings is 1. The van der Waals surface area contributed by atoms with E-state index in [1.54, 1.807) is 0 Å². The Balaban J connectivity index is 1.87. The van der Waals surface area contributed by atoms with E-state index in [2.05, 4.69) is 25.8 Å². The van der Waals surface area contributed by atoms with Crippen molar-refractivity contribution in [3.63, 3.8) is 0 Å². The SMILES string of the molecule is Cc1cnc(N2CCN(CCC#N)CC2)nc1. The molecule has 2 rings (SSSR count). The molecule has 0 aliphatic carbocycles. The van der Waals surface area contributed by atoms with Crippen LogP contribution in [0.3, 0.4) is 0 Å². The van der Waals surface area contributed by atoms with Gasteiger partial charge < -0.3 is 4.90 Å². The van der Waals surface area contributed by atoms with Crippen LogP contribution in [0, 0.1) is 18.3 Å². The van der Waals surface area contributed by atoms with Crippen molar-refractivity contribution in [1.29, 1.82) is 5.26 Å². The number of hydrogen-bond donors (Lipinski definition) is 0. The highest BCUT2D eigenvalue weighted by Gasteiger charge is 2.18. The summed E-state index contributed by atoms with van der Waals surface area (Å²) in [6.45, 7) is 6.71. The van der Waals surface area contributed by atoms with E-state index in [0.29, 0.717) is 6.42 Å². The summed E-state index contributed by atoms with van der Waals surface area (Å²) in [5, 5.41) is 8.55. The Labute approximate surface area is 102 Å². The van der Waals surface area contributed by atoms with Crippen molar-refractivity contribution in [2.45, 2.75) is 13.3 Å². The van der Waals surface area contributed by atoms with Gasteiger partial charge in [0.15, 0.2) is 0 Å². The molecule has 1 aromatic heterocycles. The Hall–Kier alpha value is -1.67. The first-order valence-corrected chi connectivity index (χ1v) is 5.92. The van der Waals surface area contributed by atoms with E-state index >= 15 is 0 Å². The van der Waals surface area contributed by atoms with E-state index < -0.39 is 0 Å². The van der Waals surface area contributed by atoms with Gasteiger partial charge in [0.1, 0.15) is 0 Å². The first-order valence-electron chi connectivity index (χ1n) is 5.92. The Morgan fingerprint density at radius 1 is 1.24 bits per heavy atom. The summed E-state index contributed by atoms with van der Waals surface area (Å²) in [5.74, 6) is 0.815. The van der Waals surface area contributed by atoms with Gasteiger partial charge in [-0.2, -0.15) is 5.26 Å². The lowest BCUT2D eigenvalue weighted by Crippen LogP contribution is -2.47. The Morgan fingerprint density at radius 3 is 2.47 bits per heavy atom. The van der Waals surface area contributed by atoms with Crippen molar-refractivity contribution in [2.24, 2.45) is 0 Å². The topological polar surface area (TPSA) is 56.1 Å². The molecule has 0 amide bonds. The summed E-state index contributed by atoms with van der Waals surface area (Å²) in [7, 11) is 0. The van der Waals surface area contributed by atoms with Crippen molar-refractivity contribution in [2.75, 3.05) is 37.6 Å². The van der Waals surface area contributed by atoms with Crippen LogP contribution in [-0.4, -0.2) is 47.6 Å². The third-order valence-corrected chi connectivity index (χ3v) is 2.96. The number of nitrogens with zero attached hydrogens (tertiary/aromatic N) is 5. The quantitative estimate of drug-likeness (QED) is 0.771. The monoisotopic (exact) mass is 231 g/mol. The molecule has 0 unspecified atom stereocenters. The summed E-state index contributed by atoms with van der Waals surface area (Å²) in [6.07, 6.45) is 4.32. The molecule has 5 heteroatoms. The van der Waals surface area contributed by atoms with Gasteiger partial charge in [-0.1, -0.05) is 0 Å². The highest BCUT2D eigenvalue weighted by molar-refractivity contribution is 5.30. The molecular weight excluding hydrogens is 214 g/mol. The van der Waals surface area contributed by atoms with Gasteiger partial charge in [0.2, 0.25) is 5.95 Å². The lowest BCUT2D eigenvalue weighted by Gasteiger charge is -2.34. The number of rotatable bonds is 3. The van der Waals surface area contributed by atoms with Gasteiger partial charge in [0.25, 0.3) is 0 Å². The van der Waals surface area contributed by atoms with Crippen LogP contribution in [0.5, 0.6) is 0 Å². The van der Waals surface area contributed by atoms with Gasteiger partial charge in [-0.05, 0) is 12.5 Å². The zero-order chi connectivity index (χ0) is 12.1. The first kappa shape index (κ1) is 11.8. The Bertz CT molecular complexity index is 386. The molecule has 0 bridgehead atoms. The van der Waals surface area contributed by atoms with Crippen molar-refractivity contribution in [3.8, 4) is 6.07 Å². The van der Waals surface area contributed by atoms with Gasteiger partial charge in [-0.25, -0.2) is 9.97 Å². The van der Waals surface area contributed by atoms with Crippen LogP contribution >= 0.6 is 0 Å². The Kier molecular flexibility index (Phi) is 3.89. The highest BCUT2D eigenvalue weighted by atomic mass is 15.3. The minimum Gasteiger partial charge on any atom is -0.338 e.